The van der Waals surface area contributed by atoms with Crippen LogP contribution in [0.2, 0.25) is 0 Å². The van der Waals surface area contributed by atoms with Crippen LogP contribution in [0.1, 0.15) is 60.0 Å². The maximum absolute atomic E-state index is 13.1. The Labute approximate surface area is 158 Å². The minimum Gasteiger partial charge on any atom is -0.328 e. The molecule has 4 N–H and O–H groups in total. The lowest BCUT2D eigenvalue weighted by molar-refractivity contribution is -0.136. The van der Waals surface area contributed by atoms with Crippen LogP contribution in [0.3, 0.4) is 0 Å². The molecule has 144 valence electrons. The van der Waals surface area contributed by atoms with Gasteiger partial charge in [0.25, 0.3) is 5.91 Å². The Hall–Kier alpha value is -2.25. The summed E-state index contributed by atoms with van der Waals surface area (Å²) in [5, 5.41) is 5.90. The number of imide groups is 1. The Morgan fingerprint density at radius 1 is 1.19 bits per heavy atom. The summed E-state index contributed by atoms with van der Waals surface area (Å²) >= 11 is 0. The maximum atomic E-state index is 13.1. The van der Waals surface area contributed by atoms with E-state index in [0.717, 1.165) is 36.8 Å². The van der Waals surface area contributed by atoms with Crippen molar-refractivity contribution in [1.82, 2.24) is 15.5 Å². The average molecular weight is 370 g/mol. The number of hydrogen-bond acceptors (Lipinski definition) is 5. The van der Waals surface area contributed by atoms with Crippen molar-refractivity contribution in [2.45, 2.75) is 69.7 Å². The van der Waals surface area contributed by atoms with E-state index in [1.54, 1.807) is 4.90 Å². The summed E-state index contributed by atoms with van der Waals surface area (Å²) in [6.07, 6.45) is 4.95. The van der Waals surface area contributed by atoms with Crippen LogP contribution in [0.25, 0.3) is 0 Å². The van der Waals surface area contributed by atoms with Crippen LogP contribution in [-0.2, 0) is 22.7 Å². The molecule has 1 aliphatic carbocycles. The number of nitrogens with two attached hydrogens (primary N) is 1. The third kappa shape index (κ3) is 3.61. The molecule has 2 aliphatic heterocycles. The van der Waals surface area contributed by atoms with Crippen molar-refractivity contribution in [2.75, 3.05) is 0 Å². The third-order valence-corrected chi connectivity index (χ3v) is 5.93. The molecule has 7 nitrogen and oxygen atoms in total. The van der Waals surface area contributed by atoms with Gasteiger partial charge in [0.15, 0.2) is 0 Å². The summed E-state index contributed by atoms with van der Waals surface area (Å²) in [5.41, 5.74) is 8.68. The molecule has 4 rings (SSSR count). The minimum absolute atomic E-state index is 0.114. The second-order valence-electron chi connectivity index (χ2n) is 7.86. The predicted octanol–water partition coefficient (Wildman–Crippen LogP) is 0.807. The van der Waals surface area contributed by atoms with Crippen molar-refractivity contribution in [1.29, 1.82) is 0 Å². The summed E-state index contributed by atoms with van der Waals surface area (Å²) in [6, 6.07) is 5.94. The second-order valence-corrected chi connectivity index (χ2v) is 7.86. The number of benzene rings is 1. The van der Waals surface area contributed by atoms with Crippen LogP contribution in [0, 0.1) is 0 Å². The lowest BCUT2D eigenvalue weighted by Gasteiger charge is -2.29. The first-order chi connectivity index (χ1) is 13.0. The zero-order chi connectivity index (χ0) is 19.0. The van der Waals surface area contributed by atoms with Crippen LogP contribution in [-0.4, -0.2) is 40.7 Å². The highest BCUT2D eigenvalue weighted by molar-refractivity contribution is 6.05. The minimum atomic E-state index is -0.570. The quantitative estimate of drug-likeness (QED) is 0.680. The van der Waals surface area contributed by atoms with Gasteiger partial charge in [0.05, 0.1) is 0 Å². The fourth-order valence-corrected chi connectivity index (χ4v) is 4.50. The van der Waals surface area contributed by atoms with E-state index in [1.165, 1.54) is 0 Å². The molecule has 0 spiro atoms. The molecule has 27 heavy (non-hydrogen) atoms. The maximum Gasteiger partial charge on any atom is 0.255 e. The molecule has 3 amide bonds. The van der Waals surface area contributed by atoms with Gasteiger partial charge in [0.1, 0.15) is 6.04 Å². The fraction of sp³-hybridized carbons (Fsp3) is 0.550. The molecule has 0 bridgehead atoms. The molecular weight excluding hydrogens is 344 g/mol. The Morgan fingerprint density at radius 2 is 2.04 bits per heavy atom. The summed E-state index contributed by atoms with van der Waals surface area (Å²) in [6.45, 7) is 1.04. The Morgan fingerprint density at radius 3 is 2.81 bits per heavy atom. The second kappa shape index (κ2) is 7.40. The molecule has 0 radical (unpaired) electrons. The van der Waals surface area contributed by atoms with Crippen LogP contribution < -0.4 is 16.4 Å². The Kier molecular flexibility index (Phi) is 4.97. The largest absolute Gasteiger partial charge is 0.328 e. The van der Waals surface area contributed by atoms with Gasteiger partial charge in [-0.3, -0.25) is 19.7 Å². The van der Waals surface area contributed by atoms with E-state index in [-0.39, 0.29) is 30.2 Å². The van der Waals surface area contributed by atoms with E-state index in [9.17, 15) is 14.4 Å². The van der Waals surface area contributed by atoms with Crippen molar-refractivity contribution < 1.29 is 14.4 Å². The van der Waals surface area contributed by atoms with Crippen LogP contribution in [0.5, 0.6) is 0 Å². The number of fused-ring (bicyclic) bond motifs is 1. The standard InChI is InChI=1S/C20H26N4O3/c21-14-5-2-6-15(9-14)22-10-12-3-1-4-13-11-24(20(27)18(12)13)16-7-8-17(25)23-19(16)26/h1,3-4,14-16,22H,2,5-11,21H2,(H,23,25,26)/t14-,15-,16?/m0/s1. The molecule has 3 atom stereocenters. The van der Waals surface area contributed by atoms with Gasteiger partial charge in [-0.05, 0) is 36.8 Å². The number of piperidine rings is 1. The van der Waals surface area contributed by atoms with Gasteiger partial charge in [0.2, 0.25) is 11.8 Å². The first-order valence-electron chi connectivity index (χ1n) is 9.77. The SMILES string of the molecule is N[C@H]1CCC[C@H](NCc2cccc3c2C(=O)N(C2CCC(=O)NC2=O)C3)C1. The van der Waals surface area contributed by atoms with E-state index >= 15 is 0 Å². The molecule has 3 aliphatic rings. The van der Waals surface area contributed by atoms with Crippen LogP contribution >= 0.6 is 0 Å². The van der Waals surface area contributed by atoms with E-state index in [4.69, 9.17) is 5.73 Å². The number of hydrogen-bond donors (Lipinski definition) is 3. The Bertz CT molecular complexity index is 778. The van der Waals surface area contributed by atoms with E-state index in [0.29, 0.717) is 31.1 Å². The number of nitrogens with one attached hydrogen (secondary N) is 2. The summed E-state index contributed by atoms with van der Waals surface area (Å²) in [4.78, 5) is 38.2. The van der Waals surface area contributed by atoms with Gasteiger partial charge >= 0.3 is 0 Å². The van der Waals surface area contributed by atoms with Gasteiger partial charge < -0.3 is 16.0 Å². The summed E-state index contributed by atoms with van der Waals surface area (Å²) in [7, 11) is 0. The molecule has 1 unspecified atom stereocenters. The van der Waals surface area contributed by atoms with Gasteiger partial charge in [0, 0.05) is 37.2 Å². The summed E-state index contributed by atoms with van der Waals surface area (Å²) in [5.74, 6) is -0.753. The van der Waals surface area contributed by atoms with Crippen molar-refractivity contribution in [2.24, 2.45) is 5.73 Å². The molecule has 7 heteroatoms. The molecule has 1 saturated carbocycles. The van der Waals surface area contributed by atoms with Gasteiger partial charge in [-0.2, -0.15) is 0 Å². The van der Waals surface area contributed by atoms with Crippen molar-refractivity contribution in [3.8, 4) is 0 Å². The van der Waals surface area contributed by atoms with Gasteiger partial charge in [-0.1, -0.05) is 24.6 Å². The van der Waals surface area contributed by atoms with E-state index in [2.05, 4.69) is 10.6 Å². The topological polar surface area (TPSA) is 105 Å². The van der Waals surface area contributed by atoms with Crippen LogP contribution in [0.15, 0.2) is 18.2 Å². The predicted molar refractivity (Wildman–Crippen MR) is 99.6 cm³/mol. The lowest BCUT2D eigenvalue weighted by Crippen LogP contribution is -2.52. The molecule has 1 aromatic carbocycles. The highest BCUT2D eigenvalue weighted by Gasteiger charge is 2.39. The highest BCUT2D eigenvalue weighted by Crippen LogP contribution is 2.30. The van der Waals surface area contributed by atoms with Crippen molar-refractivity contribution >= 4 is 17.7 Å². The number of carbonyl (C=O) groups excluding carboxylic acids is 3. The monoisotopic (exact) mass is 370 g/mol. The van der Waals surface area contributed by atoms with Gasteiger partial charge in [-0.15, -0.1) is 0 Å². The zero-order valence-electron chi connectivity index (χ0n) is 15.4. The zero-order valence-corrected chi connectivity index (χ0v) is 15.4. The number of amides is 3. The molecule has 2 fully saturated rings. The number of rotatable bonds is 4. The van der Waals surface area contributed by atoms with E-state index < -0.39 is 6.04 Å². The van der Waals surface area contributed by atoms with Crippen molar-refractivity contribution in [3.63, 3.8) is 0 Å². The molecule has 1 aromatic rings. The van der Waals surface area contributed by atoms with Crippen LogP contribution in [0.4, 0.5) is 0 Å². The lowest BCUT2D eigenvalue weighted by atomic mass is 9.91. The fourth-order valence-electron chi connectivity index (χ4n) is 4.50. The first-order valence-corrected chi connectivity index (χ1v) is 9.77. The van der Waals surface area contributed by atoms with Crippen molar-refractivity contribution in [3.05, 3.63) is 34.9 Å². The third-order valence-electron chi connectivity index (χ3n) is 5.93. The first kappa shape index (κ1) is 18.1. The smallest absolute Gasteiger partial charge is 0.255 e. The number of carbonyl (C=O) groups is 3. The molecule has 2 heterocycles. The molecule has 0 aromatic heterocycles. The summed E-state index contributed by atoms with van der Waals surface area (Å²) < 4.78 is 0. The Balaban J connectivity index is 1.48. The molecular formula is C20H26N4O3. The normalized spacial score (nSPS) is 28.3. The van der Waals surface area contributed by atoms with E-state index in [1.807, 2.05) is 18.2 Å². The van der Waals surface area contributed by atoms with Gasteiger partial charge in [-0.25, -0.2) is 0 Å². The number of nitrogens with zero attached hydrogens (tertiary/aromatic N) is 1. The highest BCUT2D eigenvalue weighted by atomic mass is 16.2. The average Bonchev–Trinajstić information content (AvgIpc) is 2.97. The molecule has 1 saturated heterocycles.